The zero-order valence-corrected chi connectivity index (χ0v) is 11.9. The second kappa shape index (κ2) is 7.27. The summed E-state index contributed by atoms with van der Waals surface area (Å²) in [6.45, 7) is 1.000. The van der Waals surface area contributed by atoms with Crippen LogP contribution >= 0.6 is 23.1 Å². The molecule has 8 heteroatoms. The van der Waals surface area contributed by atoms with Gasteiger partial charge in [-0.2, -0.15) is 0 Å². The molecule has 0 spiro atoms. The Kier molecular flexibility index (Phi) is 5.37. The van der Waals surface area contributed by atoms with Crippen LogP contribution in [0.3, 0.4) is 0 Å². The monoisotopic (exact) mass is 299 g/mol. The maximum Gasteiger partial charge on any atom is 0.277 e. The van der Waals surface area contributed by atoms with E-state index in [-0.39, 0.29) is 11.7 Å². The van der Waals surface area contributed by atoms with Crippen LogP contribution < -0.4 is 5.32 Å². The fraction of sp³-hybridized carbons (Fsp3) is 0.364. The van der Waals surface area contributed by atoms with Gasteiger partial charge in [-0.1, -0.05) is 17.8 Å². The normalized spacial score (nSPS) is 10.6. The van der Waals surface area contributed by atoms with Gasteiger partial charge in [0.1, 0.15) is 0 Å². The molecule has 2 rings (SSSR count). The van der Waals surface area contributed by atoms with Crippen molar-refractivity contribution in [2.45, 2.75) is 5.22 Å². The van der Waals surface area contributed by atoms with E-state index in [0.29, 0.717) is 24.3 Å². The van der Waals surface area contributed by atoms with E-state index in [4.69, 9.17) is 9.15 Å². The highest BCUT2D eigenvalue weighted by Gasteiger charge is 2.11. The number of amides is 1. The molecule has 0 aromatic carbocycles. The molecule has 1 amide bonds. The molecule has 2 aromatic rings. The topological polar surface area (TPSA) is 77.2 Å². The second-order valence-corrected chi connectivity index (χ2v) is 5.36. The van der Waals surface area contributed by atoms with Crippen LogP contribution in [0.15, 0.2) is 27.2 Å². The molecule has 2 aromatic heterocycles. The van der Waals surface area contributed by atoms with Crippen LogP contribution in [0.2, 0.25) is 0 Å². The van der Waals surface area contributed by atoms with Gasteiger partial charge in [0.15, 0.2) is 0 Å². The molecule has 0 saturated carbocycles. The zero-order valence-electron chi connectivity index (χ0n) is 10.3. The summed E-state index contributed by atoms with van der Waals surface area (Å²) in [4.78, 5) is 12.4. The Balaban J connectivity index is 1.79. The van der Waals surface area contributed by atoms with Crippen molar-refractivity contribution in [2.24, 2.45) is 0 Å². The number of nitrogens with one attached hydrogen (secondary N) is 1. The van der Waals surface area contributed by atoms with Crippen molar-refractivity contribution < 1.29 is 13.9 Å². The van der Waals surface area contributed by atoms with E-state index in [1.165, 1.54) is 23.1 Å². The average Bonchev–Trinajstić information content (AvgIpc) is 3.07. The lowest BCUT2D eigenvalue weighted by atomic mass is 10.5. The number of thiophene rings is 1. The smallest absolute Gasteiger partial charge is 0.277 e. The maximum atomic E-state index is 11.5. The van der Waals surface area contributed by atoms with E-state index < -0.39 is 0 Å². The minimum atomic E-state index is -0.0853. The predicted molar refractivity (Wildman–Crippen MR) is 73.2 cm³/mol. The van der Waals surface area contributed by atoms with E-state index in [0.717, 1.165) is 4.88 Å². The first kappa shape index (κ1) is 14.0. The molecule has 0 fully saturated rings. The fourth-order valence-corrected chi connectivity index (χ4v) is 2.48. The molecule has 19 heavy (non-hydrogen) atoms. The van der Waals surface area contributed by atoms with Crippen LogP contribution in [0, 0.1) is 0 Å². The highest BCUT2D eigenvalue weighted by Crippen LogP contribution is 2.26. The first-order chi connectivity index (χ1) is 9.29. The van der Waals surface area contributed by atoms with Crippen molar-refractivity contribution >= 4 is 29.0 Å². The maximum absolute atomic E-state index is 11.5. The van der Waals surface area contributed by atoms with Gasteiger partial charge >= 0.3 is 0 Å². The number of aromatic nitrogens is 2. The lowest BCUT2D eigenvalue weighted by Crippen LogP contribution is -2.28. The Hall–Kier alpha value is -1.38. The molecule has 0 atom stereocenters. The highest BCUT2D eigenvalue weighted by atomic mass is 32.2. The first-order valence-corrected chi connectivity index (χ1v) is 7.42. The van der Waals surface area contributed by atoms with Crippen molar-refractivity contribution in [1.82, 2.24) is 15.5 Å². The Morgan fingerprint density at radius 2 is 2.47 bits per heavy atom. The summed E-state index contributed by atoms with van der Waals surface area (Å²) >= 11 is 2.74. The molecular formula is C11H13N3O3S2. The molecule has 0 bridgehead atoms. The summed E-state index contributed by atoms with van der Waals surface area (Å²) in [6.07, 6.45) is 0. The van der Waals surface area contributed by atoms with Crippen LogP contribution in [0.1, 0.15) is 0 Å². The number of ether oxygens (including phenoxy) is 1. The van der Waals surface area contributed by atoms with Gasteiger partial charge < -0.3 is 14.5 Å². The molecule has 1 N–H and O–H groups in total. The fourth-order valence-electron chi connectivity index (χ4n) is 1.24. The molecule has 0 saturated heterocycles. The van der Waals surface area contributed by atoms with Gasteiger partial charge in [-0.3, -0.25) is 4.79 Å². The average molecular weight is 299 g/mol. The van der Waals surface area contributed by atoms with E-state index in [1.807, 2.05) is 17.5 Å². The second-order valence-electron chi connectivity index (χ2n) is 3.48. The lowest BCUT2D eigenvalue weighted by molar-refractivity contribution is -0.118. The van der Waals surface area contributed by atoms with Crippen LogP contribution in [-0.2, 0) is 9.53 Å². The van der Waals surface area contributed by atoms with E-state index in [9.17, 15) is 4.79 Å². The minimum Gasteiger partial charge on any atom is -0.410 e. The highest BCUT2D eigenvalue weighted by molar-refractivity contribution is 7.99. The van der Waals surface area contributed by atoms with Crippen LogP contribution in [0.4, 0.5) is 0 Å². The molecule has 6 nitrogen and oxygen atoms in total. The van der Waals surface area contributed by atoms with Gasteiger partial charge in [0.05, 0.1) is 17.2 Å². The van der Waals surface area contributed by atoms with Gasteiger partial charge in [0.25, 0.3) is 11.1 Å². The summed E-state index contributed by atoms with van der Waals surface area (Å²) in [5.41, 5.74) is 0. The summed E-state index contributed by atoms with van der Waals surface area (Å²) in [6, 6.07) is 3.82. The van der Waals surface area contributed by atoms with Gasteiger partial charge in [0, 0.05) is 13.7 Å². The third kappa shape index (κ3) is 4.34. The number of thioether (sulfide) groups is 1. The van der Waals surface area contributed by atoms with Gasteiger partial charge in [-0.15, -0.1) is 21.5 Å². The van der Waals surface area contributed by atoms with Crippen LogP contribution in [0.25, 0.3) is 10.8 Å². The van der Waals surface area contributed by atoms with Crippen LogP contribution in [-0.4, -0.2) is 42.1 Å². The number of nitrogens with zero attached hydrogens (tertiary/aromatic N) is 2. The predicted octanol–water partition coefficient (Wildman–Crippen LogP) is 1.65. The first-order valence-electron chi connectivity index (χ1n) is 5.55. The molecule has 0 aliphatic rings. The largest absolute Gasteiger partial charge is 0.410 e. The van der Waals surface area contributed by atoms with Crippen molar-refractivity contribution in [3.05, 3.63) is 17.5 Å². The number of carbonyl (C=O) groups is 1. The standard InChI is InChI=1S/C11H13N3O3S2/c1-16-5-4-12-9(15)7-19-11-14-13-10(17-11)8-3-2-6-18-8/h2-3,6H,4-5,7H2,1H3,(H,12,15). The molecule has 2 heterocycles. The molecule has 102 valence electrons. The van der Waals surface area contributed by atoms with E-state index in [2.05, 4.69) is 15.5 Å². The van der Waals surface area contributed by atoms with Crippen molar-refractivity contribution in [3.8, 4) is 10.8 Å². The third-order valence-electron chi connectivity index (χ3n) is 2.09. The summed E-state index contributed by atoms with van der Waals surface area (Å²) in [5.74, 6) is 0.644. The van der Waals surface area contributed by atoms with Gasteiger partial charge in [-0.25, -0.2) is 0 Å². The molecular weight excluding hydrogens is 286 g/mol. The van der Waals surface area contributed by atoms with Crippen LogP contribution in [0.5, 0.6) is 0 Å². The Morgan fingerprint density at radius 1 is 1.58 bits per heavy atom. The van der Waals surface area contributed by atoms with Gasteiger partial charge in [-0.05, 0) is 11.4 Å². The Labute approximate surface area is 118 Å². The summed E-state index contributed by atoms with van der Waals surface area (Å²) in [7, 11) is 1.59. The quantitative estimate of drug-likeness (QED) is 0.619. The van der Waals surface area contributed by atoms with Crippen molar-refractivity contribution in [2.75, 3.05) is 26.0 Å². The number of carbonyl (C=O) groups excluding carboxylic acids is 1. The number of rotatable bonds is 7. The Bertz CT molecular complexity index is 513. The SMILES string of the molecule is COCCNC(=O)CSc1nnc(-c2cccs2)o1. The molecule has 0 radical (unpaired) electrons. The zero-order chi connectivity index (χ0) is 13.5. The number of methoxy groups -OCH3 is 1. The third-order valence-corrected chi connectivity index (χ3v) is 3.77. The summed E-state index contributed by atoms with van der Waals surface area (Å²) in [5, 5.41) is 12.9. The van der Waals surface area contributed by atoms with Gasteiger partial charge in [0.2, 0.25) is 5.91 Å². The van der Waals surface area contributed by atoms with E-state index in [1.54, 1.807) is 7.11 Å². The number of hydrogen-bond acceptors (Lipinski definition) is 7. The lowest BCUT2D eigenvalue weighted by Gasteiger charge is -2.01. The van der Waals surface area contributed by atoms with Crippen molar-refractivity contribution in [3.63, 3.8) is 0 Å². The Morgan fingerprint density at radius 3 is 3.21 bits per heavy atom. The molecule has 0 aliphatic carbocycles. The summed E-state index contributed by atoms with van der Waals surface area (Å²) < 4.78 is 10.3. The molecule has 0 aliphatic heterocycles. The van der Waals surface area contributed by atoms with Crippen molar-refractivity contribution in [1.29, 1.82) is 0 Å². The molecule has 0 unspecified atom stereocenters. The van der Waals surface area contributed by atoms with E-state index >= 15 is 0 Å². The minimum absolute atomic E-state index is 0.0853. The number of hydrogen-bond donors (Lipinski definition) is 1.